The molecule has 0 spiro atoms. The van der Waals surface area contributed by atoms with E-state index in [1.165, 1.54) is 24.0 Å². The van der Waals surface area contributed by atoms with Crippen molar-refractivity contribution in [3.8, 4) is 5.75 Å². The number of aryl methyl sites for hydroxylation is 2. The Bertz CT molecular complexity index is 915. The summed E-state index contributed by atoms with van der Waals surface area (Å²) in [5, 5.41) is 5.83. The fourth-order valence-electron chi connectivity index (χ4n) is 3.68. The highest BCUT2D eigenvalue weighted by Crippen LogP contribution is 2.26. The van der Waals surface area contributed by atoms with E-state index in [0.29, 0.717) is 17.7 Å². The summed E-state index contributed by atoms with van der Waals surface area (Å²) in [5.74, 6) is 0.240. The summed E-state index contributed by atoms with van der Waals surface area (Å²) >= 11 is 0. The van der Waals surface area contributed by atoms with Crippen LogP contribution in [0, 0.1) is 0 Å². The molecule has 30 heavy (non-hydrogen) atoms. The van der Waals surface area contributed by atoms with Crippen LogP contribution in [0.1, 0.15) is 68.4 Å². The average molecular weight is 409 g/mol. The largest absolute Gasteiger partial charge is 0.481 e. The standard InChI is InChI=1S/C25H32N2O3/c1-5-22(30-19-15-14-17-10-6-7-11-18(17)16-19)24(29)26-21-13-9-8-12-20(21)23(28)27-25(2,3)4/h8-9,12-16,22H,5-7,10-11H2,1-4H3,(H,26,29)(H,27,28)/t22-/m1/s1. The number of benzene rings is 2. The Morgan fingerprint density at radius 3 is 2.43 bits per heavy atom. The van der Waals surface area contributed by atoms with Gasteiger partial charge in [-0.3, -0.25) is 9.59 Å². The van der Waals surface area contributed by atoms with E-state index in [-0.39, 0.29) is 17.4 Å². The van der Waals surface area contributed by atoms with E-state index in [9.17, 15) is 9.59 Å². The van der Waals surface area contributed by atoms with Gasteiger partial charge in [0, 0.05) is 5.54 Å². The van der Waals surface area contributed by atoms with Gasteiger partial charge in [0.2, 0.25) is 0 Å². The summed E-state index contributed by atoms with van der Waals surface area (Å²) in [6.45, 7) is 7.68. The Labute approximate surface area is 179 Å². The first kappa shape index (κ1) is 21.9. The summed E-state index contributed by atoms with van der Waals surface area (Å²) in [4.78, 5) is 25.6. The maximum atomic E-state index is 12.9. The van der Waals surface area contributed by atoms with Crippen LogP contribution in [0.25, 0.3) is 0 Å². The molecule has 160 valence electrons. The second kappa shape index (κ2) is 9.33. The van der Waals surface area contributed by atoms with Crippen molar-refractivity contribution in [3.63, 3.8) is 0 Å². The van der Waals surface area contributed by atoms with Crippen LogP contribution in [0.5, 0.6) is 5.75 Å². The molecule has 0 saturated carbocycles. The molecule has 3 rings (SSSR count). The van der Waals surface area contributed by atoms with E-state index >= 15 is 0 Å². The van der Waals surface area contributed by atoms with Crippen molar-refractivity contribution in [3.05, 3.63) is 59.2 Å². The van der Waals surface area contributed by atoms with Crippen LogP contribution in [-0.4, -0.2) is 23.5 Å². The first-order chi connectivity index (χ1) is 14.3. The normalized spacial score (nSPS) is 14.4. The topological polar surface area (TPSA) is 67.4 Å². The molecular formula is C25H32N2O3. The van der Waals surface area contributed by atoms with Crippen molar-refractivity contribution >= 4 is 17.5 Å². The molecule has 0 aromatic heterocycles. The SMILES string of the molecule is CC[C@@H](Oc1ccc2c(c1)CCCC2)C(=O)Nc1ccccc1C(=O)NC(C)(C)C. The predicted octanol–water partition coefficient (Wildman–Crippen LogP) is 4.89. The molecule has 0 bridgehead atoms. The van der Waals surface area contributed by atoms with E-state index < -0.39 is 6.10 Å². The van der Waals surface area contributed by atoms with Gasteiger partial charge in [0.05, 0.1) is 11.3 Å². The number of carbonyl (C=O) groups is 2. The number of para-hydroxylation sites is 1. The highest BCUT2D eigenvalue weighted by Gasteiger charge is 2.23. The summed E-state index contributed by atoms with van der Waals surface area (Å²) in [6, 6.07) is 13.2. The molecule has 0 radical (unpaired) electrons. The Kier molecular flexibility index (Phi) is 6.80. The molecule has 5 heteroatoms. The minimum atomic E-state index is -0.634. The molecule has 0 aliphatic heterocycles. The number of fused-ring (bicyclic) bond motifs is 1. The van der Waals surface area contributed by atoms with Crippen LogP contribution in [0.3, 0.4) is 0 Å². The quantitative estimate of drug-likeness (QED) is 0.715. The number of carbonyl (C=O) groups excluding carboxylic acids is 2. The summed E-state index contributed by atoms with van der Waals surface area (Å²) in [7, 11) is 0. The summed E-state index contributed by atoms with van der Waals surface area (Å²) < 4.78 is 6.03. The minimum absolute atomic E-state index is 0.220. The van der Waals surface area contributed by atoms with Crippen molar-refractivity contribution < 1.29 is 14.3 Å². The predicted molar refractivity (Wildman–Crippen MR) is 120 cm³/mol. The van der Waals surface area contributed by atoms with Crippen LogP contribution in [0.2, 0.25) is 0 Å². The van der Waals surface area contributed by atoms with Crippen LogP contribution in [0.15, 0.2) is 42.5 Å². The van der Waals surface area contributed by atoms with E-state index in [4.69, 9.17) is 4.74 Å². The second-order valence-electron chi connectivity index (χ2n) is 8.89. The van der Waals surface area contributed by atoms with Crippen LogP contribution in [-0.2, 0) is 17.6 Å². The number of nitrogens with one attached hydrogen (secondary N) is 2. The van der Waals surface area contributed by atoms with Crippen molar-refractivity contribution in [2.24, 2.45) is 0 Å². The molecule has 0 fully saturated rings. The summed E-state index contributed by atoms with van der Waals surface area (Å²) in [5.41, 5.74) is 3.25. The maximum Gasteiger partial charge on any atom is 0.265 e. The number of ether oxygens (including phenoxy) is 1. The number of anilines is 1. The Balaban J connectivity index is 1.72. The zero-order valence-electron chi connectivity index (χ0n) is 18.4. The third-order valence-corrected chi connectivity index (χ3v) is 5.18. The lowest BCUT2D eigenvalue weighted by Crippen LogP contribution is -2.41. The lowest BCUT2D eigenvalue weighted by Gasteiger charge is -2.23. The molecule has 0 heterocycles. The molecule has 2 aromatic carbocycles. The number of hydrogen-bond acceptors (Lipinski definition) is 3. The third-order valence-electron chi connectivity index (χ3n) is 5.18. The minimum Gasteiger partial charge on any atom is -0.481 e. The molecule has 1 aliphatic rings. The van der Waals surface area contributed by atoms with E-state index in [1.54, 1.807) is 24.3 Å². The highest BCUT2D eigenvalue weighted by molar-refractivity contribution is 6.04. The van der Waals surface area contributed by atoms with Crippen molar-refractivity contribution in [1.82, 2.24) is 5.32 Å². The first-order valence-corrected chi connectivity index (χ1v) is 10.8. The molecule has 5 nitrogen and oxygen atoms in total. The Morgan fingerprint density at radius 2 is 1.73 bits per heavy atom. The average Bonchev–Trinajstić information content (AvgIpc) is 2.71. The van der Waals surface area contributed by atoms with Crippen LogP contribution >= 0.6 is 0 Å². The van der Waals surface area contributed by atoms with E-state index in [0.717, 1.165) is 18.6 Å². The number of hydrogen-bond donors (Lipinski definition) is 2. The fraction of sp³-hybridized carbons (Fsp3) is 0.440. The number of amides is 2. The second-order valence-corrected chi connectivity index (χ2v) is 8.89. The maximum absolute atomic E-state index is 12.9. The van der Waals surface area contributed by atoms with Gasteiger partial charge in [-0.15, -0.1) is 0 Å². The number of rotatable bonds is 6. The fourth-order valence-corrected chi connectivity index (χ4v) is 3.68. The third kappa shape index (κ3) is 5.62. The smallest absolute Gasteiger partial charge is 0.265 e. The van der Waals surface area contributed by atoms with Crippen molar-refractivity contribution in [1.29, 1.82) is 0 Å². The van der Waals surface area contributed by atoms with Gasteiger partial charge in [-0.2, -0.15) is 0 Å². The van der Waals surface area contributed by atoms with Gasteiger partial charge in [0.1, 0.15) is 5.75 Å². The highest BCUT2D eigenvalue weighted by atomic mass is 16.5. The molecule has 0 unspecified atom stereocenters. The summed E-state index contributed by atoms with van der Waals surface area (Å²) in [6.07, 6.45) is 4.49. The Morgan fingerprint density at radius 1 is 1.03 bits per heavy atom. The van der Waals surface area contributed by atoms with Gasteiger partial charge in [-0.25, -0.2) is 0 Å². The van der Waals surface area contributed by atoms with Gasteiger partial charge in [-0.1, -0.05) is 25.1 Å². The lowest BCUT2D eigenvalue weighted by atomic mass is 9.92. The molecule has 2 amide bonds. The van der Waals surface area contributed by atoms with E-state index in [1.807, 2.05) is 33.8 Å². The van der Waals surface area contributed by atoms with Gasteiger partial charge >= 0.3 is 0 Å². The molecular weight excluding hydrogens is 376 g/mol. The van der Waals surface area contributed by atoms with E-state index in [2.05, 4.69) is 22.8 Å². The molecule has 0 saturated heterocycles. The van der Waals surface area contributed by atoms with Gasteiger partial charge < -0.3 is 15.4 Å². The van der Waals surface area contributed by atoms with Crippen molar-refractivity contribution in [2.45, 2.75) is 71.4 Å². The first-order valence-electron chi connectivity index (χ1n) is 10.8. The van der Waals surface area contributed by atoms with Gasteiger partial charge in [0.25, 0.3) is 11.8 Å². The zero-order chi connectivity index (χ0) is 21.7. The van der Waals surface area contributed by atoms with Gasteiger partial charge in [-0.05, 0) is 88.3 Å². The molecule has 2 N–H and O–H groups in total. The lowest BCUT2D eigenvalue weighted by molar-refractivity contribution is -0.122. The van der Waals surface area contributed by atoms with Crippen molar-refractivity contribution in [2.75, 3.05) is 5.32 Å². The monoisotopic (exact) mass is 408 g/mol. The molecule has 1 atom stereocenters. The van der Waals surface area contributed by atoms with Gasteiger partial charge in [0.15, 0.2) is 6.10 Å². The Hall–Kier alpha value is -2.82. The zero-order valence-corrected chi connectivity index (χ0v) is 18.4. The molecule has 2 aromatic rings. The molecule has 1 aliphatic carbocycles. The van der Waals surface area contributed by atoms with Crippen LogP contribution in [0.4, 0.5) is 5.69 Å². The van der Waals surface area contributed by atoms with Crippen LogP contribution < -0.4 is 15.4 Å².